The first-order chi connectivity index (χ1) is 15.8. The van der Waals surface area contributed by atoms with Gasteiger partial charge in [-0.05, 0) is 39.5 Å². The molecule has 0 spiro atoms. The van der Waals surface area contributed by atoms with E-state index in [2.05, 4.69) is 4.90 Å². The first-order valence-corrected chi connectivity index (χ1v) is 11.9. The van der Waals surface area contributed by atoms with Crippen molar-refractivity contribution >= 4 is 23.4 Å². The van der Waals surface area contributed by atoms with Gasteiger partial charge >= 0.3 is 5.69 Å². The van der Waals surface area contributed by atoms with Crippen molar-refractivity contribution in [1.82, 2.24) is 23.6 Å². The summed E-state index contributed by atoms with van der Waals surface area (Å²) in [5, 5.41) is 0. The lowest BCUT2D eigenvalue weighted by Crippen LogP contribution is -2.46. The van der Waals surface area contributed by atoms with E-state index >= 15 is 0 Å². The smallest absolute Gasteiger partial charge is 0.334 e. The highest BCUT2D eigenvalue weighted by Crippen LogP contribution is 2.26. The minimum atomic E-state index is -0.796. The SMILES string of the molecule is CC(C)=CCn1c(N2CCCC(N)C2)nc2c1c(=O)n(C)c(=O)n2C(C=O)N1CCCCC1. The predicted octanol–water partition coefficient (Wildman–Crippen LogP) is 0.974. The van der Waals surface area contributed by atoms with Gasteiger partial charge in [0.2, 0.25) is 5.95 Å². The van der Waals surface area contributed by atoms with Gasteiger partial charge in [0.1, 0.15) is 6.17 Å². The molecule has 180 valence electrons. The Morgan fingerprint density at radius 1 is 1.15 bits per heavy atom. The van der Waals surface area contributed by atoms with E-state index in [4.69, 9.17) is 10.7 Å². The molecular formula is C23H35N7O3. The predicted molar refractivity (Wildman–Crippen MR) is 129 cm³/mol. The maximum atomic E-state index is 13.3. The third-order valence-electron chi connectivity index (χ3n) is 6.73. The molecule has 0 aromatic carbocycles. The lowest BCUT2D eigenvalue weighted by Gasteiger charge is -2.32. The molecule has 0 saturated carbocycles. The van der Waals surface area contributed by atoms with Gasteiger partial charge in [0.05, 0.1) is 0 Å². The number of anilines is 1. The number of imidazole rings is 1. The van der Waals surface area contributed by atoms with Gasteiger partial charge in [-0.25, -0.2) is 4.79 Å². The number of aldehydes is 1. The van der Waals surface area contributed by atoms with Crippen LogP contribution < -0.4 is 21.9 Å². The van der Waals surface area contributed by atoms with E-state index in [9.17, 15) is 14.4 Å². The van der Waals surface area contributed by atoms with E-state index in [1.807, 2.05) is 29.4 Å². The minimum absolute atomic E-state index is 0.0246. The summed E-state index contributed by atoms with van der Waals surface area (Å²) in [5.41, 5.74) is 7.03. The fourth-order valence-electron chi connectivity index (χ4n) is 4.92. The Kier molecular flexibility index (Phi) is 6.85. The molecule has 4 heterocycles. The molecule has 4 rings (SSSR count). The Morgan fingerprint density at radius 3 is 2.52 bits per heavy atom. The summed E-state index contributed by atoms with van der Waals surface area (Å²) in [6.45, 7) is 7.32. The molecule has 10 nitrogen and oxygen atoms in total. The molecule has 2 fully saturated rings. The van der Waals surface area contributed by atoms with Gasteiger partial charge in [0, 0.05) is 45.8 Å². The van der Waals surface area contributed by atoms with Crippen LogP contribution in [-0.4, -0.2) is 62.1 Å². The minimum Gasteiger partial charge on any atom is -0.341 e. The zero-order valence-corrected chi connectivity index (χ0v) is 19.9. The van der Waals surface area contributed by atoms with Crippen molar-refractivity contribution in [3.8, 4) is 0 Å². The maximum Gasteiger partial charge on any atom is 0.334 e. The Labute approximate surface area is 193 Å². The van der Waals surface area contributed by atoms with Crippen LogP contribution in [0.2, 0.25) is 0 Å². The number of hydrogen-bond acceptors (Lipinski definition) is 7. The first-order valence-electron chi connectivity index (χ1n) is 11.9. The Hall–Kier alpha value is -2.72. The molecule has 0 bridgehead atoms. The number of piperidine rings is 2. The highest BCUT2D eigenvalue weighted by atomic mass is 16.2. The summed E-state index contributed by atoms with van der Waals surface area (Å²) in [7, 11) is 1.47. The van der Waals surface area contributed by atoms with E-state index in [0.29, 0.717) is 24.6 Å². The molecule has 0 amide bonds. The summed E-state index contributed by atoms with van der Waals surface area (Å²) in [6.07, 6.45) is 6.96. The maximum absolute atomic E-state index is 13.3. The average molecular weight is 458 g/mol. The highest BCUT2D eigenvalue weighted by molar-refractivity contribution is 5.76. The van der Waals surface area contributed by atoms with Crippen LogP contribution in [-0.2, 0) is 18.4 Å². The summed E-state index contributed by atoms with van der Waals surface area (Å²) < 4.78 is 4.37. The van der Waals surface area contributed by atoms with Gasteiger partial charge in [-0.3, -0.25) is 23.6 Å². The number of carbonyl (C=O) groups is 1. The number of nitrogens with two attached hydrogens (primary N) is 1. The molecule has 2 saturated heterocycles. The quantitative estimate of drug-likeness (QED) is 0.508. The van der Waals surface area contributed by atoms with Crippen LogP contribution in [0.5, 0.6) is 0 Å². The fourth-order valence-corrected chi connectivity index (χ4v) is 4.92. The number of carbonyl (C=O) groups excluding carboxylic acids is 1. The Bertz CT molecular complexity index is 1170. The Morgan fingerprint density at radius 2 is 1.88 bits per heavy atom. The summed E-state index contributed by atoms with van der Waals surface area (Å²) in [5.74, 6) is 0.623. The van der Waals surface area contributed by atoms with Crippen molar-refractivity contribution in [3.05, 3.63) is 32.5 Å². The molecule has 2 atom stereocenters. The van der Waals surface area contributed by atoms with E-state index in [1.54, 1.807) is 0 Å². The molecule has 2 N–H and O–H groups in total. The molecule has 2 aromatic rings. The number of likely N-dealkylation sites (tertiary alicyclic amines) is 1. The second kappa shape index (κ2) is 9.64. The van der Waals surface area contributed by atoms with Gasteiger partial charge in [-0.1, -0.05) is 18.1 Å². The van der Waals surface area contributed by atoms with Crippen molar-refractivity contribution in [2.45, 2.75) is 64.7 Å². The van der Waals surface area contributed by atoms with Crippen molar-refractivity contribution in [1.29, 1.82) is 0 Å². The van der Waals surface area contributed by atoms with Crippen molar-refractivity contribution in [2.75, 3.05) is 31.1 Å². The highest BCUT2D eigenvalue weighted by Gasteiger charge is 2.30. The molecule has 33 heavy (non-hydrogen) atoms. The number of rotatable bonds is 6. The van der Waals surface area contributed by atoms with Gasteiger partial charge in [0.15, 0.2) is 17.5 Å². The molecule has 0 aliphatic carbocycles. The van der Waals surface area contributed by atoms with Crippen LogP contribution in [0.15, 0.2) is 21.2 Å². The summed E-state index contributed by atoms with van der Waals surface area (Å²) in [4.78, 5) is 47.9. The molecule has 2 unspecified atom stereocenters. The van der Waals surface area contributed by atoms with Gasteiger partial charge in [-0.15, -0.1) is 0 Å². The monoisotopic (exact) mass is 457 g/mol. The van der Waals surface area contributed by atoms with Gasteiger partial charge < -0.3 is 15.2 Å². The van der Waals surface area contributed by atoms with Crippen LogP contribution in [0.25, 0.3) is 11.2 Å². The van der Waals surface area contributed by atoms with E-state index in [0.717, 1.165) is 68.2 Å². The van der Waals surface area contributed by atoms with Crippen LogP contribution in [0.3, 0.4) is 0 Å². The largest absolute Gasteiger partial charge is 0.341 e. The standard InChI is InChI=1S/C23H35N7O3/c1-16(2)9-13-29-19-20(25-22(29)28-12-7-8-17(24)14-28)30(23(33)26(3)21(19)32)18(15-31)27-10-5-4-6-11-27/h9,15,17-18H,4-8,10-14,24H2,1-3H3. The van der Waals surface area contributed by atoms with E-state index in [-0.39, 0.29) is 11.7 Å². The number of fused-ring (bicyclic) bond motifs is 1. The van der Waals surface area contributed by atoms with Crippen LogP contribution in [0.1, 0.15) is 52.1 Å². The lowest BCUT2D eigenvalue weighted by atomic mass is 10.1. The third-order valence-corrected chi connectivity index (χ3v) is 6.73. The number of allylic oxidation sites excluding steroid dienone is 2. The molecule has 10 heteroatoms. The second-order valence-electron chi connectivity index (χ2n) is 9.49. The zero-order valence-electron chi connectivity index (χ0n) is 19.9. The molecule has 2 aliphatic heterocycles. The van der Waals surface area contributed by atoms with E-state index in [1.165, 1.54) is 11.6 Å². The second-order valence-corrected chi connectivity index (χ2v) is 9.49. The van der Waals surface area contributed by atoms with Crippen LogP contribution in [0, 0.1) is 0 Å². The van der Waals surface area contributed by atoms with Crippen LogP contribution >= 0.6 is 0 Å². The number of nitrogens with zero attached hydrogens (tertiary/aromatic N) is 6. The van der Waals surface area contributed by atoms with E-state index < -0.39 is 17.4 Å². The number of aromatic nitrogens is 4. The average Bonchev–Trinajstić information content (AvgIpc) is 3.19. The zero-order chi connectivity index (χ0) is 23.7. The van der Waals surface area contributed by atoms with Gasteiger partial charge in [0.25, 0.3) is 5.56 Å². The Balaban J connectivity index is 1.98. The fraction of sp³-hybridized carbons (Fsp3) is 0.652. The van der Waals surface area contributed by atoms with Crippen molar-refractivity contribution in [3.63, 3.8) is 0 Å². The van der Waals surface area contributed by atoms with Crippen molar-refractivity contribution < 1.29 is 4.79 Å². The topological polar surface area (TPSA) is 111 Å². The number of hydrogen-bond donors (Lipinski definition) is 1. The third kappa shape index (κ3) is 4.41. The molecule has 0 radical (unpaired) electrons. The van der Waals surface area contributed by atoms with Gasteiger partial charge in [-0.2, -0.15) is 4.98 Å². The summed E-state index contributed by atoms with van der Waals surface area (Å²) >= 11 is 0. The van der Waals surface area contributed by atoms with Crippen molar-refractivity contribution in [2.24, 2.45) is 12.8 Å². The molecular weight excluding hydrogens is 422 g/mol. The lowest BCUT2D eigenvalue weighted by molar-refractivity contribution is -0.115. The van der Waals surface area contributed by atoms with Crippen LogP contribution in [0.4, 0.5) is 5.95 Å². The normalized spacial score (nSPS) is 20.7. The summed E-state index contributed by atoms with van der Waals surface area (Å²) in [6, 6.07) is 0.0246. The first kappa shape index (κ1) is 23.4. The molecule has 2 aromatic heterocycles. The molecule has 2 aliphatic rings.